The fourth-order valence-electron chi connectivity index (χ4n) is 3.01. The topological polar surface area (TPSA) is 73.5 Å². The van der Waals surface area contributed by atoms with Crippen LogP contribution in [-0.2, 0) is 4.79 Å². The number of nitrogens with one attached hydrogen (secondary N) is 3. The molecule has 1 saturated heterocycles. The van der Waals surface area contributed by atoms with Gasteiger partial charge in [-0.05, 0) is 50.0 Å². The Kier molecular flexibility index (Phi) is 7.73. The monoisotopic (exact) mass is 346 g/mol. The zero-order valence-electron chi connectivity index (χ0n) is 15.3. The zero-order chi connectivity index (χ0) is 18.1. The fourth-order valence-corrected chi connectivity index (χ4v) is 3.01. The molecular formula is C19H30N4O2. The van der Waals surface area contributed by atoms with Gasteiger partial charge in [0.2, 0.25) is 5.91 Å². The van der Waals surface area contributed by atoms with E-state index in [4.69, 9.17) is 0 Å². The van der Waals surface area contributed by atoms with Crippen molar-refractivity contribution in [2.75, 3.05) is 36.8 Å². The molecule has 0 radical (unpaired) electrons. The lowest BCUT2D eigenvalue weighted by Crippen LogP contribution is -2.39. The molecule has 138 valence electrons. The van der Waals surface area contributed by atoms with Crippen LogP contribution in [0.25, 0.3) is 0 Å². The first-order valence-electron chi connectivity index (χ1n) is 9.24. The minimum atomic E-state index is -0.218. The van der Waals surface area contributed by atoms with Crippen LogP contribution in [0.15, 0.2) is 24.3 Å². The molecule has 6 nitrogen and oxygen atoms in total. The number of piperidine rings is 1. The number of carbonyl (C=O) groups is 2. The molecule has 1 aromatic rings. The number of urea groups is 1. The summed E-state index contributed by atoms with van der Waals surface area (Å²) in [5.74, 6) is 0.368. The average Bonchev–Trinajstić information content (AvgIpc) is 2.61. The van der Waals surface area contributed by atoms with E-state index in [1.807, 2.05) is 0 Å². The Morgan fingerprint density at radius 3 is 2.48 bits per heavy atom. The van der Waals surface area contributed by atoms with E-state index in [0.717, 1.165) is 6.54 Å². The first-order valence-corrected chi connectivity index (χ1v) is 9.24. The second-order valence-electron chi connectivity index (χ2n) is 6.78. The van der Waals surface area contributed by atoms with Crippen molar-refractivity contribution >= 4 is 23.3 Å². The van der Waals surface area contributed by atoms with Crippen LogP contribution in [-0.4, -0.2) is 43.0 Å². The Morgan fingerprint density at radius 1 is 1.12 bits per heavy atom. The predicted octanol–water partition coefficient (Wildman–Crippen LogP) is 3.28. The number of nitrogens with zero attached hydrogens (tertiary/aromatic N) is 1. The van der Waals surface area contributed by atoms with Gasteiger partial charge in [-0.2, -0.15) is 0 Å². The molecule has 0 spiro atoms. The van der Waals surface area contributed by atoms with Gasteiger partial charge in [0.05, 0.1) is 0 Å². The van der Waals surface area contributed by atoms with Gasteiger partial charge in [0, 0.05) is 30.9 Å². The molecule has 1 heterocycles. The highest BCUT2D eigenvalue weighted by atomic mass is 16.2. The molecule has 1 aliphatic rings. The Bertz CT molecular complexity index is 570. The Hall–Kier alpha value is -2.08. The number of carbonyl (C=O) groups excluding carboxylic acids is 2. The molecule has 3 amide bonds. The molecule has 0 bridgehead atoms. The molecule has 1 atom stereocenters. The minimum Gasteiger partial charge on any atom is -0.338 e. The molecule has 0 aromatic heterocycles. The molecule has 0 unspecified atom stereocenters. The standard InChI is InChI=1S/C19H30N4O2/c1-3-18(24)21-16-8-7-9-17(12-16)22-19(25)20-13-15(2)14-23-10-5-4-6-11-23/h7-9,12,15H,3-6,10-11,13-14H2,1-2H3,(H,21,24)(H2,20,22,25)/t15-/m1/s1. The molecule has 25 heavy (non-hydrogen) atoms. The third kappa shape index (κ3) is 7.13. The van der Waals surface area contributed by atoms with E-state index < -0.39 is 0 Å². The first-order chi connectivity index (χ1) is 12.1. The zero-order valence-corrected chi connectivity index (χ0v) is 15.3. The van der Waals surface area contributed by atoms with Crippen LogP contribution < -0.4 is 16.0 Å². The minimum absolute atomic E-state index is 0.0480. The number of hydrogen-bond donors (Lipinski definition) is 3. The molecule has 0 aliphatic carbocycles. The van der Waals surface area contributed by atoms with Crippen molar-refractivity contribution in [3.05, 3.63) is 24.3 Å². The molecule has 1 aromatic carbocycles. The number of rotatable bonds is 7. The molecular weight excluding hydrogens is 316 g/mol. The van der Waals surface area contributed by atoms with Crippen molar-refractivity contribution < 1.29 is 9.59 Å². The van der Waals surface area contributed by atoms with Crippen molar-refractivity contribution in [1.82, 2.24) is 10.2 Å². The quantitative estimate of drug-likeness (QED) is 0.709. The van der Waals surface area contributed by atoms with E-state index in [0.29, 0.717) is 30.3 Å². The Morgan fingerprint density at radius 2 is 1.80 bits per heavy atom. The van der Waals surface area contributed by atoms with Gasteiger partial charge < -0.3 is 20.9 Å². The number of anilines is 2. The van der Waals surface area contributed by atoms with Crippen molar-refractivity contribution in [1.29, 1.82) is 0 Å². The van der Waals surface area contributed by atoms with Crippen molar-refractivity contribution in [3.63, 3.8) is 0 Å². The summed E-state index contributed by atoms with van der Waals surface area (Å²) < 4.78 is 0. The van der Waals surface area contributed by atoms with Crippen LogP contribution in [0.5, 0.6) is 0 Å². The van der Waals surface area contributed by atoms with Crippen LogP contribution in [0, 0.1) is 5.92 Å². The molecule has 1 aliphatic heterocycles. The van der Waals surface area contributed by atoms with Crippen LogP contribution in [0.3, 0.4) is 0 Å². The highest BCUT2D eigenvalue weighted by molar-refractivity contribution is 5.93. The number of likely N-dealkylation sites (tertiary alicyclic amines) is 1. The van der Waals surface area contributed by atoms with Crippen LogP contribution in [0.4, 0.5) is 16.2 Å². The summed E-state index contributed by atoms with van der Waals surface area (Å²) in [6.07, 6.45) is 4.33. The molecule has 6 heteroatoms. The van der Waals surface area contributed by atoms with E-state index in [-0.39, 0.29) is 11.9 Å². The number of amides is 3. The number of hydrogen-bond acceptors (Lipinski definition) is 3. The highest BCUT2D eigenvalue weighted by Crippen LogP contribution is 2.15. The summed E-state index contributed by atoms with van der Waals surface area (Å²) in [6, 6.07) is 6.95. The molecule has 2 rings (SSSR count). The first kappa shape index (κ1) is 19.2. The summed E-state index contributed by atoms with van der Waals surface area (Å²) in [7, 11) is 0. The smallest absolute Gasteiger partial charge is 0.319 e. The summed E-state index contributed by atoms with van der Waals surface area (Å²) in [5, 5.41) is 8.53. The van der Waals surface area contributed by atoms with Crippen LogP contribution in [0.1, 0.15) is 39.5 Å². The van der Waals surface area contributed by atoms with Crippen LogP contribution >= 0.6 is 0 Å². The van der Waals surface area contributed by atoms with E-state index >= 15 is 0 Å². The summed E-state index contributed by atoms with van der Waals surface area (Å²) in [6.45, 7) is 7.98. The lowest BCUT2D eigenvalue weighted by molar-refractivity contribution is -0.115. The van der Waals surface area contributed by atoms with Gasteiger partial charge in [0.25, 0.3) is 0 Å². The van der Waals surface area contributed by atoms with Gasteiger partial charge in [-0.3, -0.25) is 4.79 Å². The lowest BCUT2D eigenvalue weighted by Gasteiger charge is -2.29. The SMILES string of the molecule is CCC(=O)Nc1cccc(NC(=O)NC[C@@H](C)CN2CCCCC2)c1. The highest BCUT2D eigenvalue weighted by Gasteiger charge is 2.14. The Balaban J connectivity index is 1.74. The largest absolute Gasteiger partial charge is 0.338 e. The van der Waals surface area contributed by atoms with E-state index in [9.17, 15) is 9.59 Å². The molecule has 1 fully saturated rings. The van der Waals surface area contributed by atoms with Crippen LogP contribution in [0.2, 0.25) is 0 Å². The van der Waals surface area contributed by atoms with E-state index in [1.165, 1.54) is 32.4 Å². The lowest BCUT2D eigenvalue weighted by atomic mass is 10.1. The average molecular weight is 346 g/mol. The molecule has 3 N–H and O–H groups in total. The maximum absolute atomic E-state index is 12.1. The fraction of sp³-hybridized carbons (Fsp3) is 0.579. The third-order valence-corrected chi connectivity index (χ3v) is 4.35. The van der Waals surface area contributed by atoms with Gasteiger partial charge in [0.15, 0.2) is 0 Å². The second kappa shape index (κ2) is 10.0. The maximum atomic E-state index is 12.1. The summed E-state index contributed by atoms with van der Waals surface area (Å²) in [5.41, 5.74) is 1.35. The summed E-state index contributed by atoms with van der Waals surface area (Å²) in [4.78, 5) is 26.0. The van der Waals surface area contributed by atoms with Gasteiger partial charge >= 0.3 is 6.03 Å². The van der Waals surface area contributed by atoms with Crippen molar-refractivity contribution in [3.8, 4) is 0 Å². The van der Waals surface area contributed by atoms with E-state index in [2.05, 4.69) is 27.8 Å². The summed E-state index contributed by atoms with van der Waals surface area (Å²) >= 11 is 0. The second-order valence-corrected chi connectivity index (χ2v) is 6.78. The van der Waals surface area contributed by atoms with Crippen molar-refractivity contribution in [2.45, 2.75) is 39.5 Å². The number of benzene rings is 1. The predicted molar refractivity (Wildman–Crippen MR) is 102 cm³/mol. The van der Waals surface area contributed by atoms with Crippen molar-refractivity contribution in [2.24, 2.45) is 5.92 Å². The molecule has 0 saturated carbocycles. The van der Waals surface area contributed by atoms with Gasteiger partial charge in [0.1, 0.15) is 0 Å². The maximum Gasteiger partial charge on any atom is 0.319 e. The van der Waals surface area contributed by atoms with E-state index in [1.54, 1.807) is 31.2 Å². The third-order valence-electron chi connectivity index (χ3n) is 4.35. The van der Waals surface area contributed by atoms with Gasteiger partial charge in [-0.25, -0.2) is 4.79 Å². The van der Waals surface area contributed by atoms with Gasteiger partial charge in [-0.1, -0.05) is 26.3 Å². The Labute approximate surface area is 150 Å². The van der Waals surface area contributed by atoms with Gasteiger partial charge in [-0.15, -0.1) is 0 Å². The normalized spacial score (nSPS) is 16.1.